The molecule has 0 spiro atoms. The lowest BCUT2D eigenvalue weighted by atomic mass is 10.4. The molecule has 0 aliphatic carbocycles. The van der Waals surface area contributed by atoms with Gasteiger partial charge in [-0.1, -0.05) is 23.2 Å². The zero-order valence-corrected chi connectivity index (χ0v) is 9.73. The highest BCUT2D eigenvalue weighted by Gasteiger charge is 2.07. The van der Waals surface area contributed by atoms with Gasteiger partial charge in [0.1, 0.15) is 10.3 Å². The van der Waals surface area contributed by atoms with Gasteiger partial charge in [-0.15, -0.1) is 0 Å². The van der Waals surface area contributed by atoms with Gasteiger partial charge in [0.25, 0.3) is 0 Å². The first-order valence-corrected chi connectivity index (χ1v) is 5.00. The summed E-state index contributed by atoms with van der Waals surface area (Å²) >= 11 is 11.3. The van der Waals surface area contributed by atoms with Crippen molar-refractivity contribution in [3.63, 3.8) is 0 Å². The van der Waals surface area contributed by atoms with Gasteiger partial charge in [-0.2, -0.15) is 0 Å². The minimum atomic E-state index is -0.400. The highest BCUT2D eigenvalue weighted by atomic mass is 35.5. The third-order valence-corrected chi connectivity index (χ3v) is 1.70. The molecular weight excluding hydrogens is 239 g/mol. The number of rotatable bonds is 2. The normalized spacial score (nSPS) is 10.2. The number of nitrogens with zero attached hydrogens (tertiary/aromatic N) is 2. The standard InChI is InChI=1S/C8H10Cl2N4O/c1-4(2)11-8(15)14-7-12-5(9)3-6(10)13-7/h3-4H,1-2H3,(H2,11,12,13,14,15). The molecule has 0 saturated heterocycles. The Kier molecular flexibility index (Phi) is 4.11. The Morgan fingerprint density at radius 2 is 1.87 bits per heavy atom. The van der Waals surface area contributed by atoms with E-state index in [9.17, 15) is 4.79 Å². The molecule has 0 aliphatic rings. The number of carbonyl (C=O) groups is 1. The Morgan fingerprint density at radius 1 is 1.33 bits per heavy atom. The molecule has 7 heteroatoms. The number of hydrogen-bond donors (Lipinski definition) is 2. The van der Waals surface area contributed by atoms with Crippen molar-refractivity contribution in [1.29, 1.82) is 0 Å². The van der Waals surface area contributed by atoms with Gasteiger partial charge in [0, 0.05) is 12.1 Å². The molecule has 2 N–H and O–H groups in total. The molecule has 15 heavy (non-hydrogen) atoms. The number of urea groups is 1. The molecule has 1 rings (SSSR count). The van der Waals surface area contributed by atoms with Crippen molar-refractivity contribution >= 4 is 35.2 Å². The Bertz CT molecular complexity index is 349. The monoisotopic (exact) mass is 248 g/mol. The maximum atomic E-state index is 11.3. The average Bonchev–Trinajstić information content (AvgIpc) is 1.98. The van der Waals surface area contributed by atoms with Crippen LogP contribution in [0, 0.1) is 0 Å². The van der Waals surface area contributed by atoms with Crippen molar-refractivity contribution < 1.29 is 4.79 Å². The van der Waals surface area contributed by atoms with Crippen LogP contribution in [0.25, 0.3) is 0 Å². The van der Waals surface area contributed by atoms with Gasteiger partial charge >= 0.3 is 6.03 Å². The molecule has 0 radical (unpaired) electrons. The first kappa shape index (κ1) is 12.0. The molecule has 0 atom stereocenters. The van der Waals surface area contributed by atoms with E-state index in [1.165, 1.54) is 6.07 Å². The van der Waals surface area contributed by atoms with Crippen molar-refractivity contribution in [3.8, 4) is 0 Å². The number of nitrogens with one attached hydrogen (secondary N) is 2. The third kappa shape index (κ3) is 4.31. The molecule has 1 aromatic rings. The molecule has 5 nitrogen and oxygen atoms in total. The average molecular weight is 249 g/mol. The number of halogens is 2. The topological polar surface area (TPSA) is 66.9 Å². The highest BCUT2D eigenvalue weighted by Crippen LogP contribution is 2.13. The fourth-order valence-corrected chi connectivity index (χ4v) is 1.27. The Labute approximate surface area is 97.2 Å². The fraction of sp³-hybridized carbons (Fsp3) is 0.375. The zero-order valence-electron chi connectivity index (χ0n) is 8.21. The van der Waals surface area contributed by atoms with Crippen LogP contribution in [0.4, 0.5) is 10.7 Å². The molecular formula is C8H10Cl2N4O. The summed E-state index contributed by atoms with van der Waals surface area (Å²) in [5.41, 5.74) is 0. The Morgan fingerprint density at radius 3 is 2.33 bits per heavy atom. The quantitative estimate of drug-likeness (QED) is 0.790. The van der Waals surface area contributed by atoms with Gasteiger partial charge < -0.3 is 5.32 Å². The third-order valence-electron chi connectivity index (χ3n) is 1.31. The SMILES string of the molecule is CC(C)NC(=O)Nc1nc(Cl)cc(Cl)n1. The van der Waals surface area contributed by atoms with Crippen LogP contribution in [0.2, 0.25) is 10.3 Å². The Hall–Kier alpha value is -1.07. The van der Waals surface area contributed by atoms with Gasteiger partial charge in [0.15, 0.2) is 0 Å². The molecule has 0 saturated carbocycles. The van der Waals surface area contributed by atoms with Crippen LogP contribution in [0.5, 0.6) is 0 Å². The first-order valence-electron chi connectivity index (χ1n) is 4.25. The lowest BCUT2D eigenvalue weighted by molar-refractivity contribution is 0.250. The van der Waals surface area contributed by atoms with Gasteiger partial charge in [0.2, 0.25) is 5.95 Å². The largest absolute Gasteiger partial charge is 0.336 e. The van der Waals surface area contributed by atoms with E-state index in [2.05, 4.69) is 20.6 Å². The molecule has 0 aliphatic heterocycles. The lowest BCUT2D eigenvalue weighted by Gasteiger charge is -2.08. The number of hydrogen-bond acceptors (Lipinski definition) is 3. The van der Waals surface area contributed by atoms with Crippen LogP contribution in [0.1, 0.15) is 13.8 Å². The van der Waals surface area contributed by atoms with E-state index in [-0.39, 0.29) is 22.3 Å². The van der Waals surface area contributed by atoms with E-state index in [4.69, 9.17) is 23.2 Å². The predicted octanol–water partition coefficient (Wildman–Crippen LogP) is 2.31. The van der Waals surface area contributed by atoms with Crippen molar-refractivity contribution in [2.75, 3.05) is 5.32 Å². The summed E-state index contributed by atoms with van der Waals surface area (Å²) in [4.78, 5) is 18.8. The van der Waals surface area contributed by atoms with E-state index in [1.807, 2.05) is 13.8 Å². The predicted molar refractivity (Wildman–Crippen MR) is 59.3 cm³/mol. The summed E-state index contributed by atoms with van der Waals surface area (Å²) in [5.74, 6) is 0.0747. The second-order valence-corrected chi connectivity index (χ2v) is 3.86. The van der Waals surface area contributed by atoms with Crippen LogP contribution in [-0.2, 0) is 0 Å². The maximum Gasteiger partial charge on any atom is 0.321 e. The number of aromatic nitrogens is 2. The summed E-state index contributed by atoms with van der Waals surface area (Å²) in [7, 11) is 0. The van der Waals surface area contributed by atoms with E-state index in [1.54, 1.807) is 0 Å². The second-order valence-electron chi connectivity index (χ2n) is 3.09. The highest BCUT2D eigenvalue weighted by molar-refractivity contribution is 6.33. The van der Waals surface area contributed by atoms with E-state index in [0.29, 0.717) is 0 Å². The number of amides is 2. The molecule has 0 fully saturated rings. The van der Waals surface area contributed by atoms with Gasteiger partial charge in [-0.25, -0.2) is 14.8 Å². The van der Waals surface area contributed by atoms with Crippen LogP contribution in [0.15, 0.2) is 6.07 Å². The lowest BCUT2D eigenvalue weighted by Crippen LogP contribution is -2.34. The van der Waals surface area contributed by atoms with Gasteiger partial charge in [0.05, 0.1) is 0 Å². The minimum Gasteiger partial charge on any atom is -0.336 e. The molecule has 2 amide bonds. The summed E-state index contributed by atoms with van der Waals surface area (Å²) in [6.45, 7) is 3.68. The fourth-order valence-electron chi connectivity index (χ4n) is 0.846. The number of carbonyl (C=O) groups excluding carboxylic acids is 1. The first-order chi connectivity index (χ1) is 6.97. The van der Waals surface area contributed by atoms with Crippen molar-refractivity contribution in [2.24, 2.45) is 0 Å². The van der Waals surface area contributed by atoms with Crippen molar-refractivity contribution in [2.45, 2.75) is 19.9 Å². The van der Waals surface area contributed by atoms with E-state index < -0.39 is 6.03 Å². The summed E-state index contributed by atoms with van der Waals surface area (Å²) in [6.07, 6.45) is 0. The van der Waals surface area contributed by atoms with E-state index in [0.717, 1.165) is 0 Å². The molecule has 1 heterocycles. The summed E-state index contributed by atoms with van der Waals surface area (Å²) in [5, 5.41) is 5.38. The van der Waals surface area contributed by atoms with Crippen LogP contribution < -0.4 is 10.6 Å². The van der Waals surface area contributed by atoms with E-state index >= 15 is 0 Å². The van der Waals surface area contributed by atoms with Crippen molar-refractivity contribution in [3.05, 3.63) is 16.4 Å². The molecule has 1 aromatic heterocycles. The van der Waals surface area contributed by atoms with Crippen LogP contribution >= 0.6 is 23.2 Å². The molecule has 0 unspecified atom stereocenters. The smallest absolute Gasteiger partial charge is 0.321 e. The second kappa shape index (κ2) is 5.14. The van der Waals surface area contributed by atoms with Gasteiger partial charge in [-0.05, 0) is 13.8 Å². The van der Waals surface area contributed by atoms with Crippen LogP contribution in [0.3, 0.4) is 0 Å². The molecule has 82 valence electrons. The van der Waals surface area contributed by atoms with Crippen molar-refractivity contribution in [1.82, 2.24) is 15.3 Å². The maximum absolute atomic E-state index is 11.3. The summed E-state index contributed by atoms with van der Waals surface area (Å²) in [6, 6.07) is 1.01. The molecule has 0 aromatic carbocycles. The van der Waals surface area contributed by atoms with Gasteiger partial charge in [-0.3, -0.25) is 5.32 Å². The zero-order chi connectivity index (χ0) is 11.4. The summed E-state index contributed by atoms with van der Waals surface area (Å²) < 4.78 is 0. The van der Waals surface area contributed by atoms with Crippen LogP contribution in [-0.4, -0.2) is 22.0 Å². The molecule has 0 bridgehead atoms. The Balaban J connectivity index is 2.68. The minimum absolute atomic E-state index is 0.0275. The number of anilines is 1.